The molecule has 0 aliphatic carbocycles. The minimum atomic E-state index is -0.732. The van der Waals surface area contributed by atoms with Gasteiger partial charge in [-0.2, -0.15) is 0 Å². The second kappa shape index (κ2) is 14.1. The Bertz CT molecular complexity index is 1180. The van der Waals surface area contributed by atoms with Crippen LogP contribution in [0.5, 0.6) is 5.75 Å². The van der Waals surface area contributed by atoms with Gasteiger partial charge in [0, 0.05) is 19.5 Å². The van der Waals surface area contributed by atoms with Gasteiger partial charge in [0.25, 0.3) is 5.91 Å². The molecule has 1 N–H and O–H groups in total. The average molecular weight is 542 g/mol. The Balaban J connectivity index is 1.91. The van der Waals surface area contributed by atoms with E-state index in [1.54, 1.807) is 17.0 Å². The van der Waals surface area contributed by atoms with Gasteiger partial charge in [0.1, 0.15) is 11.8 Å². The standard InChI is InChI=1S/C30H34Cl2N2O3/c1-4-5-13-33-30(36)28(18-23-9-7-6-8-10-23)34(19-24-11-12-26(31)27(32)17-24)29(35)20-37-25-15-21(2)14-22(3)16-25/h6-12,14-17,28H,4-5,13,18-20H2,1-3H3,(H,33,36)/t28-/m1/s1. The smallest absolute Gasteiger partial charge is 0.261 e. The number of carbonyl (C=O) groups is 2. The van der Waals surface area contributed by atoms with Crippen molar-refractivity contribution >= 4 is 35.0 Å². The minimum Gasteiger partial charge on any atom is -0.484 e. The molecular weight excluding hydrogens is 507 g/mol. The van der Waals surface area contributed by atoms with Crippen molar-refractivity contribution in [1.29, 1.82) is 0 Å². The van der Waals surface area contributed by atoms with E-state index < -0.39 is 6.04 Å². The number of halogens is 2. The Hall–Kier alpha value is -3.02. The van der Waals surface area contributed by atoms with Gasteiger partial charge in [0.15, 0.2) is 6.61 Å². The van der Waals surface area contributed by atoms with Crippen molar-refractivity contribution < 1.29 is 14.3 Å². The molecule has 0 fully saturated rings. The first-order chi connectivity index (χ1) is 17.8. The zero-order valence-corrected chi connectivity index (χ0v) is 23.1. The fourth-order valence-electron chi connectivity index (χ4n) is 4.14. The number of unbranched alkanes of at least 4 members (excludes halogenated alkanes) is 1. The number of nitrogens with one attached hydrogen (secondary N) is 1. The highest BCUT2D eigenvalue weighted by molar-refractivity contribution is 6.42. The number of hydrogen-bond acceptors (Lipinski definition) is 3. The molecule has 0 aromatic heterocycles. The van der Waals surface area contributed by atoms with Gasteiger partial charge in [0.05, 0.1) is 10.0 Å². The van der Waals surface area contributed by atoms with E-state index in [9.17, 15) is 9.59 Å². The summed E-state index contributed by atoms with van der Waals surface area (Å²) in [6.07, 6.45) is 2.19. The molecule has 3 rings (SSSR count). The topological polar surface area (TPSA) is 58.6 Å². The van der Waals surface area contributed by atoms with E-state index in [2.05, 4.69) is 12.2 Å². The highest BCUT2D eigenvalue weighted by Crippen LogP contribution is 2.24. The molecule has 0 heterocycles. The number of rotatable bonds is 12. The SMILES string of the molecule is CCCCNC(=O)[C@@H](Cc1ccccc1)N(Cc1ccc(Cl)c(Cl)c1)C(=O)COc1cc(C)cc(C)c1. The van der Waals surface area contributed by atoms with Gasteiger partial charge in [-0.15, -0.1) is 0 Å². The molecule has 3 aromatic rings. The van der Waals surface area contributed by atoms with E-state index >= 15 is 0 Å². The average Bonchev–Trinajstić information content (AvgIpc) is 2.87. The van der Waals surface area contributed by atoms with Gasteiger partial charge in [-0.1, -0.05) is 79.0 Å². The van der Waals surface area contributed by atoms with Crippen LogP contribution < -0.4 is 10.1 Å². The molecule has 7 heteroatoms. The van der Waals surface area contributed by atoms with Crippen LogP contribution in [0.4, 0.5) is 0 Å². The molecule has 0 aliphatic rings. The first-order valence-electron chi connectivity index (χ1n) is 12.5. The number of hydrogen-bond donors (Lipinski definition) is 1. The lowest BCUT2D eigenvalue weighted by Gasteiger charge is -2.31. The molecule has 0 spiro atoms. The first kappa shape index (κ1) is 28.5. The lowest BCUT2D eigenvalue weighted by atomic mass is 10.0. The quantitative estimate of drug-likeness (QED) is 0.265. The van der Waals surface area contributed by atoms with Crippen molar-refractivity contribution in [1.82, 2.24) is 10.2 Å². The van der Waals surface area contributed by atoms with Crippen molar-refractivity contribution in [3.63, 3.8) is 0 Å². The summed E-state index contributed by atoms with van der Waals surface area (Å²) in [6, 6.07) is 20.0. The molecule has 0 unspecified atom stereocenters. The largest absolute Gasteiger partial charge is 0.484 e. The second-order valence-corrected chi connectivity index (χ2v) is 10.0. The number of carbonyl (C=O) groups excluding carboxylic acids is 2. The van der Waals surface area contributed by atoms with Crippen LogP contribution in [0.3, 0.4) is 0 Å². The number of nitrogens with zero attached hydrogens (tertiary/aromatic N) is 1. The highest BCUT2D eigenvalue weighted by atomic mass is 35.5. The van der Waals surface area contributed by atoms with E-state index in [4.69, 9.17) is 27.9 Å². The van der Waals surface area contributed by atoms with Crippen LogP contribution >= 0.6 is 23.2 Å². The Kier molecular flexibility index (Phi) is 10.8. The number of amides is 2. The maximum absolute atomic E-state index is 13.7. The monoisotopic (exact) mass is 540 g/mol. The Morgan fingerprint density at radius 2 is 1.62 bits per heavy atom. The Morgan fingerprint density at radius 3 is 2.27 bits per heavy atom. The van der Waals surface area contributed by atoms with E-state index in [0.717, 1.165) is 35.1 Å². The lowest BCUT2D eigenvalue weighted by Crippen LogP contribution is -2.51. The normalized spacial score (nSPS) is 11.6. The third-order valence-electron chi connectivity index (χ3n) is 6.00. The third kappa shape index (κ3) is 8.80. The van der Waals surface area contributed by atoms with Crippen LogP contribution in [0.2, 0.25) is 10.0 Å². The molecule has 37 heavy (non-hydrogen) atoms. The van der Waals surface area contributed by atoms with Crippen LogP contribution in [0, 0.1) is 13.8 Å². The lowest BCUT2D eigenvalue weighted by molar-refractivity contribution is -0.142. The van der Waals surface area contributed by atoms with Crippen molar-refractivity contribution in [2.45, 2.75) is 52.6 Å². The van der Waals surface area contributed by atoms with Crippen LogP contribution in [-0.4, -0.2) is 35.9 Å². The third-order valence-corrected chi connectivity index (χ3v) is 6.73. The van der Waals surface area contributed by atoms with Crippen LogP contribution in [0.15, 0.2) is 66.7 Å². The molecular formula is C30H34Cl2N2O3. The van der Waals surface area contributed by atoms with Gasteiger partial charge in [-0.05, 0) is 66.8 Å². The van der Waals surface area contributed by atoms with E-state index in [1.807, 2.05) is 68.4 Å². The zero-order chi connectivity index (χ0) is 26.8. The van der Waals surface area contributed by atoms with Crippen molar-refractivity contribution in [3.05, 3.63) is 99.0 Å². The summed E-state index contributed by atoms with van der Waals surface area (Å²) >= 11 is 12.4. The second-order valence-electron chi connectivity index (χ2n) is 9.23. The molecule has 0 saturated heterocycles. The molecule has 0 saturated carbocycles. The summed E-state index contributed by atoms with van der Waals surface area (Å²) in [7, 11) is 0. The predicted octanol–water partition coefficient (Wildman–Crippen LogP) is 6.55. The van der Waals surface area contributed by atoms with E-state index in [0.29, 0.717) is 28.8 Å². The van der Waals surface area contributed by atoms with Crippen LogP contribution in [0.25, 0.3) is 0 Å². The zero-order valence-electron chi connectivity index (χ0n) is 21.6. The van der Waals surface area contributed by atoms with Crippen molar-refractivity contribution in [3.8, 4) is 5.75 Å². The van der Waals surface area contributed by atoms with Crippen LogP contribution in [0.1, 0.15) is 42.0 Å². The maximum atomic E-state index is 13.7. The van der Waals surface area contributed by atoms with E-state index in [1.165, 1.54) is 0 Å². The summed E-state index contributed by atoms with van der Waals surface area (Å²) in [4.78, 5) is 28.7. The van der Waals surface area contributed by atoms with Crippen LogP contribution in [-0.2, 0) is 22.6 Å². The summed E-state index contributed by atoms with van der Waals surface area (Å²) in [5.41, 5.74) is 3.83. The van der Waals surface area contributed by atoms with Gasteiger partial charge >= 0.3 is 0 Å². The predicted molar refractivity (Wildman–Crippen MR) is 150 cm³/mol. The molecule has 5 nitrogen and oxygen atoms in total. The summed E-state index contributed by atoms with van der Waals surface area (Å²) in [6.45, 7) is 6.57. The molecule has 1 atom stereocenters. The van der Waals surface area contributed by atoms with Gasteiger partial charge in [-0.25, -0.2) is 0 Å². The fourth-order valence-corrected chi connectivity index (χ4v) is 4.46. The molecule has 0 aliphatic heterocycles. The number of aryl methyl sites for hydroxylation is 2. The highest BCUT2D eigenvalue weighted by Gasteiger charge is 2.30. The number of ether oxygens (including phenoxy) is 1. The molecule has 3 aromatic carbocycles. The molecule has 196 valence electrons. The first-order valence-corrected chi connectivity index (χ1v) is 13.3. The molecule has 0 bridgehead atoms. The summed E-state index contributed by atoms with van der Waals surface area (Å²) in [5.74, 6) is 0.126. The van der Waals surface area contributed by atoms with Gasteiger partial charge in [-0.3, -0.25) is 9.59 Å². The summed E-state index contributed by atoms with van der Waals surface area (Å²) < 4.78 is 5.90. The minimum absolute atomic E-state index is 0.185. The summed E-state index contributed by atoms with van der Waals surface area (Å²) in [5, 5.41) is 3.84. The van der Waals surface area contributed by atoms with Gasteiger partial charge < -0.3 is 15.0 Å². The Labute approximate surface area is 229 Å². The van der Waals surface area contributed by atoms with Gasteiger partial charge in [0.2, 0.25) is 5.91 Å². The van der Waals surface area contributed by atoms with Crippen molar-refractivity contribution in [2.24, 2.45) is 0 Å². The molecule has 0 radical (unpaired) electrons. The number of benzene rings is 3. The van der Waals surface area contributed by atoms with E-state index in [-0.39, 0.29) is 25.0 Å². The maximum Gasteiger partial charge on any atom is 0.261 e. The van der Waals surface area contributed by atoms with Crippen molar-refractivity contribution in [2.75, 3.05) is 13.2 Å². The Morgan fingerprint density at radius 1 is 0.919 bits per heavy atom. The fraction of sp³-hybridized carbons (Fsp3) is 0.333. The molecule has 2 amide bonds.